The molecular formula is C23H18ClN3. The lowest BCUT2D eigenvalue weighted by atomic mass is 9.99. The van der Waals surface area contributed by atoms with Gasteiger partial charge in [-0.3, -0.25) is 0 Å². The van der Waals surface area contributed by atoms with Gasteiger partial charge in [-0.25, -0.2) is 9.97 Å². The molecule has 0 saturated heterocycles. The lowest BCUT2D eigenvalue weighted by Gasteiger charge is -2.30. The third kappa shape index (κ3) is 3.04. The van der Waals surface area contributed by atoms with Crippen molar-refractivity contribution in [1.82, 2.24) is 9.97 Å². The monoisotopic (exact) mass is 371 g/mol. The van der Waals surface area contributed by atoms with Crippen LogP contribution in [0.1, 0.15) is 11.1 Å². The van der Waals surface area contributed by atoms with E-state index in [0.29, 0.717) is 5.02 Å². The summed E-state index contributed by atoms with van der Waals surface area (Å²) in [6.07, 6.45) is 1.03. The molecule has 0 N–H and O–H groups in total. The summed E-state index contributed by atoms with van der Waals surface area (Å²) in [6, 6.07) is 24.6. The van der Waals surface area contributed by atoms with Crippen LogP contribution in [-0.2, 0) is 13.0 Å². The van der Waals surface area contributed by atoms with Crippen molar-refractivity contribution in [3.05, 3.63) is 88.9 Å². The summed E-state index contributed by atoms with van der Waals surface area (Å²) < 4.78 is 0. The van der Waals surface area contributed by atoms with Gasteiger partial charge in [-0.15, -0.1) is 0 Å². The van der Waals surface area contributed by atoms with Crippen molar-refractivity contribution in [2.75, 3.05) is 11.4 Å². The lowest BCUT2D eigenvalue weighted by molar-refractivity contribution is 0.723. The molecule has 1 aliphatic rings. The minimum absolute atomic E-state index is 0.715. The van der Waals surface area contributed by atoms with Crippen molar-refractivity contribution in [2.24, 2.45) is 0 Å². The highest BCUT2D eigenvalue weighted by molar-refractivity contribution is 6.30. The zero-order chi connectivity index (χ0) is 18.2. The molecule has 0 bridgehead atoms. The standard InChI is InChI=1S/C23H18ClN3/c24-19-11-9-17(10-12-19)22-25-21-8-4-3-7-20(21)23(26-22)27-14-13-16-5-1-2-6-18(16)15-27/h1-12H,13-15H2. The van der Waals surface area contributed by atoms with Gasteiger partial charge >= 0.3 is 0 Å². The molecule has 3 nitrogen and oxygen atoms in total. The Hall–Kier alpha value is -2.91. The predicted molar refractivity (Wildman–Crippen MR) is 111 cm³/mol. The molecule has 5 rings (SSSR count). The van der Waals surface area contributed by atoms with E-state index in [-0.39, 0.29) is 0 Å². The summed E-state index contributed by atoms with van der Waals surface area (Å²) in [5.74, 6) is 1.74. The van der Waals surface area contributed by atoms with Crippen molar-refractivity contribution in [1.29, 1.82) is 0 Å². The van der Waals surface area contributed by atoms with Crippen LogP contribution in [-0.4, -0.2) is 16.5 Å². The van der Waals surface area contributed by atoms with Gasteiger partial charge in [0.15, 0.2) is 5.82 Å². The SMILES string of the molecule is Clc1ccc(-c2nc(N3CCc4ccccc4C3)c3ccccc3n2)cc1. The molecule has 0 aliphatic carbocycles. The van der Waals surface area contributed by atoms with E-state index < -0.39 is 0 Å². The Morgan fingerprint density at radius 2 is 1.52 bits per heavy atom. The molecule has 0 atom stereocenters. The van der Waals surface area contributed by atoms with E-state index in [4.69, 9.17) is 21.6 Å². The molecule has 27 heavy (non-hydrogen) atoms. The second-order valence-electron chi connectivity index (χ2n) is 6.84. The fourth-order valence-electron chi connectivity index (χ4n) is 3.71. The van der Waals surface area contributed by atoms with E-state index in [1.165, 1.54) is 11.1 Å². The molecule has 4 aromatic rings. The topological polar surface area (TPSA) is 29.0 Å². The molecule has 0 unspecified atom stereocenters. The van der Waals surface area contributed by atoms with E-state index in [2.05, 4.69) is 47.4 Å². The molecule has 1 aromatic heterocycles. The molecule has 132 valence electrons. The van der Waals surface area contributed by atoms with Gasteiger partial charge < -0.3 is 4.90 Å². The number of rotatable bonds is 2. The second-order valence-corrected chi connectivity index (χ2v) is 7.27. The van der Waals surface area contributed by atoms with Crippen LogP contribution in [0.3, 0.4) is 0 Å². The molecule has 0 radical (unpaired) electrons. The van der Waals surface area contributed by atoms with Crippen LogP contribution in [0.25, 0.3) is 22.3 Å². The number of para-hydroxylation sites is 1. The van der Waals surface area contributed by atoms with Crippen LogP contribution in [0, 0.1) is 0 Å². The molecule has 4 heteroatoms. The number of hydrogen-bond acceptors (Lipinski definition) is 3. The van der Waals surface area contributed by atoms with Gasteiger partial charge in [0.25, 0.3) is 0 Å². The van der Waals surface area contributed by atoms with Crippen molar-refractivity contribution in [3.63, 3.8) is 0 Å². The van der Waals surface area contributed by atoms with Gasteiger partial charge in [-0.05, 0) is 53.9 Å². The maximum absolute atomic E-state index is 6.05. The molecule has 3 aromatic carbocycles. The number of benzene rings is 3. The fraction of sp³-hybridized carbons (Fsp3) is 0.130. The Labute approximate surface area is 163 Å². The van der Waals surface area contributed by atoms with Gasteiger partial charge in [0.2, 0.25) is 0 Å². The number of anilines is 1. The summed E-state index contributed by atoms with van der Waals surface area (Å²) in [4.78, 5) is 12.1. The van der Waals surface area contributed by atoms with Crippen LogP contribution in [0.5, 0.6) is 0 Å². The maximum Gasteiger partial charge on any atom is 0.162 e. The number of aromatic nitrogens is 2. The predicted octanol–water partition coefficient (Wildman–Crippen LogP) is 5.51. The van der Waals surface area contributed by atoms with Crippen LogP contribution in [0.4, 0.5) is 5.82 Å². The molecule has 0 fully saturated rings. The number of hydrogen-bond donors (Lipinski definition) is 0. The normalized spacial score (nSPS) is 13.6. The van der Waals surface area contributed by atoms with Crippen molar-refractivity contribution < 1.29 is 0 Å². The first-order valence-electron chi connectivity index (χ1n) is 9.12. The third-order valence-corrected chi connectivity index (χ3v) is 5.37. The average Bonchev–Trinajstić information content (AvgIpc) is 2.73. The highest BCUT2D eigenvalue weighted by atomic mass is 35.5. The van der Waals surface area contributed by atoms with E-state index in [9.17, 15) is 0 Å². The zero-order valence-electron chi connectivity index (χ0n) is 14.8. The summed E-state index contributed by atoms with van der Waals surface area (Å²) in [6.45, 7) is 1.83. The van der Waals surface area contributed by atoms with Crippen LogP contribution in [0.15, 0.2) is 72.8 Å². The zero-order valence-corrected chi connectivity index (χ0v) is 15.5. The smallest absolute Gasteiger partial charge is 0.162 e. The van der Waals surface area contributed by atoms with Gasteiger partial charge in [0, 0.05) is 29.1 Å². The van der Waals surface area contributed by atoms with E-state index in [0.717, 1.165) is 47.6 Å². The summed E-state index contributed by atoms with van der Waals surface area (Å²) >= 11 is 6.05. The van der Waals surface area contributed by atoms with Crippen LogP contribution < -0.4 is 4.90 Å². The van der Waals surface area contributed by atoms with Gasteiger partial charge in [-0.1, -0.05) is 48.0 Å². The first kappa shape index (κ1) is 16.3. The molecular weight excluding hydrogens is 354 g/mol. The third-order valence-electron chi connectivity index (χ3n) is 5.12. The Bertz CT molecular complexity index is 1120. The van der Waals surface area contributed by atoms with Crippen molar-refractivity contribution in [3.8, 4) is 11.4 Å². The molecule has 0 amide bonds. The van der Waals surface area contributed by atoms with Crippen molar-refractivity contribution in [2.45, 2.75) is 13.0 Å². The van der Waals surface area contributed by atoms with Crippen LogP contribution >= 0.6 is 11.6 Å². The summed E-state index contributed by atoms with van der Waals surface area (Å²) in [5.41, 5.74) is 4.75. The van der Waals surface area contributed by atoms with E-state index in [1.807, 2.05) is 30.3 Å². The molecule has 0 saturated carbocycles. The lowest BCUT2D eigenvalue weighted by Crippen LogP contribution is -2.31. The van der Waals surface area contributed by atoms with Gasteiger partial charge in [0.1, 0.15) is 5.82 Å². The minimum Gasteiger partial charge on any atom is -0.351 e. The summed E-state index contributed by atoms with van der Waals surface area (Å²) in [5, 5.41) is 1.81. The molecule has 1 aliphatic heterocycles. The minimum atomic E-state index is 0.715. The Balaban J connectivity index is 1.64. The van der Waals surface area contributed by atoms with E-state index >= 15 is 0 Å². The highest BCUT2D eigenvalue weighted by Crippen LogP contribution is 2.31. The maximum atomic E-state index is 6.05. The number of fused-ring (bicyclic) bond motifs is 2. The quantitative estimate of drug-likeness (QED) is 0.465. The van der Waals surface area contributed by atoms with E-state index in [1.54, 1.807) is 0 Å². The molecule has 2 heterocycles. The Morgan fingerprint density at radius 1 is 0.778 bits per heavy atom. The van der Waals surface area contributed by atoms with Gasteiger partial charge in [-0.2, -0.15) is 0 Å². The number of halogens is 1. The highest BCUT2D eigenvalue weighted by Gasteiger charge is 2.20. The Morgan fingerprint density at radius 3 is 2.37 bits per heavy atom. The Kier molecular flexibility index (Phi) is 4.02. The number of nitrogens with zero attached hydrogens (tertiary/aromatic N) is 3. The summed E-state index contributed by atoms with van der Waals surface area (Å²) in [7, 11) is 0. The first-order valence-corrected chi connectivity index (χ1v) is 9.50. The molecule has 0 spiro atoms. The van der Waals surface area contributed by atoms with Gasteiger partial charge in [0.05, 0.1) is 5.52 Å². The van der Waals surface area contributed by atoms with Crippen LogP contribution in [0.2, 0.25) is 5.02 Å². The fourth-order valence-corrected chi connectivity index (χ4v) is 3.83. The largest absolute Gasteiger partial charge is 0.351 e. The van der Waals surface area contributed by atoms with Crippen molar-refractivity contribution >= 4 is 28.3 Å². The second kappa shape index (κ2) is 6.67. The first-order chi connectivity index (χ1) is 13.3. The average molecular weight is 372 g/mol.